The first-order chi connectivity index (χ1) is 10.6. The van der Waals surface area contributed by atoms with Crippen molar-refractivity contribution in [1.29, 1.82) is 0 Å². The molecule has 5 heteroatoms. The smallest absolute Gasteiger partial charge is 0.250 e. The zero-order valence-corrected chi connectivity index (χ0v) is 11.7. The number of nitrogens with one attached hydrogen (secondary N) is 1. The Kier molecular flexibility index (Phi) is 3.47. The van der Waals surface area contributed by atoms with E-state index in [0.29, 0.717) is 11.3 Å². The van der Waals surface area contributed by atoms with Crippen LogP contribution >= 0.6 is 0 Å². The van der Waals surface area contributed by atoms with Crippen molar-refractivity contribution in [2.75, 3.05) is 5.32 Å². The van der Waals surface area contributed by atoms with E-state index in [9.17, 15) is 14.4 Å². The normalized spacial score (nSPS) is 16.2. The van der Waals surface area contributed by atoms with Crippen LogP contribution in [0.3, 0.4) is 0 Å². The molecule has 0 fully saturated rings. The van der Waals surface area contributed by atoms with Gasteiger partial charge in [0.2, 0.25) is 5.91 Å². The number of carbonyl (C=O) groups is 3. The second-order valence-corrected chi connectivity index (χ2v) is 5.17. The van der Waals surface area contributed by atoms with Crippen molar-refractivity contribution in [3.63, 3.8) is 0 Å². The highest BCUT2D eigenvalue weighted by atomic mass is 16.2. The van der Waals surface area contributed by atoms with Gasteiger partial charge in [0.05, 0.1) is 17.2 Å². The Bertz CT molecular complexity index is 783. The molecule has 22 heavy (non-hydrogen) atoms. The number of primary amides is 1. The number of benzene rings is 2. The molecule has 1 atom stereocenters. The molecule has 2 aromatic carbocycles. The number of fused-ring (bicyclic) bond motifs is 1. The number of hydrogen-bond acceptors (Lipinski definition) is 3. The van der Waals surface area contributed by atoms with Gasteiger partial charge < -0.3 is 11.1 Å². The predicted octanol–water partition coefficient (Wildman–Crippen LogP) is 2.09. The van der Waals surface area contributed by atoms with E-state index in [1.807, 2.05) is 0 Å². The van der Waals surface area contributed by atoms with E-state index in [2.05, 4.69) is 5.32 Å². The molecular weight excluding hydrogens is 280 g/mol. The molecule has 0 saturated heterocycles. The van der Waals surface area contributed by atoms with Crippen LogP contribution in [0.25, 0.3) is 0 Å². The van der Waals surface area contributed by atoms with Crippen molar-refractivity contribution >= 4 is 23.3 Å². The molecule has 0 heterocycles. The molecule has 1 aliphatic rings. The summed E-state index contributed by atoms with van der Waals surface area (Å²) < 4.78 is 0. The number of hydrogen-bond donors (Lipinski definition) is 2. The van der Waals surface area contributed by atoms with Crippen LogP contribution in [0.2, 0.25) is 0 Å². The lowest BCUT2D eigenvalue weighted by molar-refractivity contribution is -0.117. The Morgan fingerprint density at radius 1 is 1.05 bits per heavy atom. The molecule has 0 aromatic heterocycles. The van der Waals surface area contributed by atoms with Crippen molar-refractivity contribution in [2.45, 2.75) is 12.3 Å². The third-order valence-electron chi connectivity index (χ3n) is 3.79. The quantitative estimate of drug-likeness (QED) is 0.908. The van der Waals surface area contributed by atoms with E-state index in [-0.39, 0.29) is 23.7 Å². The number of anilines is 1. The van der Waals surface area contributed by atoms with Crippen molar-refractivity contribution in [3.8, 4) is 0 Å². The maximum Gasteiger partial charge on any atom is 0.250 e. The Morgan fingerprint density at radius 2 is 1.73 bits per heavy atom. The number of rotatable bonds is 3. The molecule has 0 spiro atoms. The Morgan fingerprint density at radius 3 is 2.50 bits per heavy atom. The molecule has 0 aliphatic heterocycles. The molecule has 2 aromatic rings. The fraction of sp³-hybridized carbons (Fsp3) is 0.118. The van der Waals surface area contributed by atoms with Crippen molar-refractivity contribution in [2.24, 2.45) is 5.73 Å². The Hall–Kier alpha value is -2.95. The molecule has 3 N–H and O–H groups in total. The topological polar surface area (TPSA) is 89.3 Å². The SMILES string of the molecule is NC(=O)c1ccccc1NC(=O)C1CC(=O)c2ccccc21. The van der Waals surface area contributed by atoms with Gasteiger partial charge in [-0.25, -0.2) is 0 Å². The lowest BCUT2D eigenvalue weighted by atomic mass is 10.00. The van der Waals surface area contributed by atoms with Crippen LogP contribution in [0.5, 0.6) is 0 Å². The fourth-order valence-electron chi connectivity index (χ4n) is 2.72. The number of para-hydroxylation sites is 1. The summed E-state index contributed by atoms with van der Waals surface area (Å²) in [6, 6.07) is 13.6. The van der Waals surface area contributed by atoms with E-state index in [0.717, 1.165) is 5.56 Å². The maximum absolute atomic E-state index is 12.5. The number of carbonyl (C=O) groups excluding carboxylic acids is 3. The molecular formula is C17H14N2O3. The third-order valence-corrected chi connectivity index (χ3v) is 3.79. The minimum Gasteiger partial charge on any atom is -0.366 e. The summed E-state index contributed by atoms with van der Waals surface area (Å²) in [5, 5.41) is 2.70. The molecule has 2 amide bonds. The lowest BCUT2D eigenvalue weighted by Gasteiger charge is -2.13. The summed E-state index contributed by atoms with van der Waals surface area (Å²) >= 11 is 0. The van der Waals surface area contributed by atoms with Crippen LogP contribution < -0.4 is 11.1 Å². The zero-order valence-electron chi connectivity index (χ0n) is 11.7. The average Bonchev–Trinajstić information content (AvgIpc) is 2.85. The van der Waals surface area contributed by atoms with Gasteiger partial charge in [-0.2, -0.15) is 0 Å². The van der Waals surface area contributed by atoms with Crippen LogP contribution in [0, 0.1) is 0 Å². The molecule has 0 radical (unpaired) electrons. The first kappa shape index (κ1) is 14.0. The first-order valence-electron chi connectivity index (χ1n) is 6.89. The number of amides is 2. The van der Waals surface area contributed by atoms with Crippen molar-refractivity contribution < 1.29 is 14.4 Å². The van der Waals surface area contributed by atoms with E-state index in [4.69, 9.17) is 5.73 Å². The van der Waals surface area contributed by atoms with Crippen LogP contribution in [0.1, 0.15) is 38.6 Å². The number of Topliss-reactive ketones (excluding diaryl/α,β-unsaturated/α-hetero) is 1. The minimum absolute atomic E-state index is 0.0427. The monoisotopic (exact) mass is 294 g/mol. The van der Waals surface area contributed by atoms with Gasteiger partial charge in [0.25, 0.3) is 5.91 Å². The van der Waals surface area contributed by atoms with Crippen molar-refractivity contribution in [3.05, 3.63) is 65.2 Å². The van der Waals surface area contributed by atoms with E-state index < -0.39 is 11.8 Å². The summed E-state index contributed by atoms with van der Waals surface area (Å²) in [6.45, 7) is 0. The van der Waals surface area contributed by atoms with E-state index in [1.54, 1.807) is 48.5 Å². The van der Waals surface area contributed by atoms with Gasteiger partial charge in [-0.15, -0.1) is 0 Å². The van der Waals surface area contributed by atoms with Crippen LogP contribution in [-0.2, 0) is 4.79 Å². The second-order valence-electron chi connectivity index (χ2n) is 5.17. The summed E-state index contributed by atoms with van der Waals surface area (Å²) in [6.07, 6.45) is 0.143. The largest absolute Gasteiger partial charge is 0.366 e. The van der Waals surface area contributed by atoms with Gasteiger partial charge in [0.1, 0.15) is 0 Å². The fourth-order valence-corrected chi connectivity index (χ4v) is 2.72. The molecule has 110 valence electrons. The molecule has 1 unspecified atom stereocenters. The zero-order chi connectivity index (χ0) is 15.7. The second kappa shape index (κ2) is 5.44. The molecule has 1 aliphatic carbocycles. The molecule has 0 bridgehead atoms. The van der Waals surface area contributed by atoms with Gasteiger partial charge >= 0.3 is 0 Å². The number of ketones is 1. The lowest BCUT2D eigenvalue weighted by Crippen LogP contribution is -2.22. The number of nitrogens with two attached hydrogens (primary N) is 1. The average molecular weight is 294 g/mol. The highest BCUT2D eigenvalue weighted by Gasteiger charge is 2.34. The Labute approximate surface area is 127 Å². The highest BCUT2D eigenvalue weighted by molar-refractivity contribution is 6.11. The van der Waals surface area contributed by atoms with Crippen molar-refractivity contribution in [1.82, 2.24) is 0 Å². The summed E-state index contributed by atoms with van der Waals surface area (Å²) in [7, 11) is 0. The van der Waals surface area contributed by atoms with Crippen LogP contribution in [0.4, 0.5) is 5.69 Å². The van der Waals surface area contributed by atoms with E-state index in [1.165, 1.54) is 0 Å². The first-order valence-corrected chi connectivity index (χ1v) is 6.89. The van der Waals surface area contributed by atoms with E-state index >= 15 is 0 Å². The molecule has 0 saturated carbocycles. The van der Waals surface area contributed by atoms with Gasteiger partial charge in [0.15, 0.2) is 5.78 Å². The minimum atomic E-state index is -0.612. The molecule has 5 nitrogen and oxygen atoms in total. The highest BCUT2D eigenvalue weighted by Crippen LogP contribution is 2.33. The predicted molar refractivity (Wildman–Crippen MR) is 81.7 cm³/mol. The maximum atomic E-state index is 12.5. The third kappa shape index (κ3) is 2.37. The van der Waals surface area contributed by atoms with Crippen LogP contribution in [0.15, 0.2) is 48.5 Å². The van der Waals surface area contributed by atoms with Gasteiger partial charge in [-0.05, 0) is 17.7 Å². The van der Waals surface area contributed by atoms with Crippen LogP contribution in [-0.4, -0.2) is 17.6 Å². The molecule has 3 rings (SSSR count). The van der Waals surface area contributed by atoms with Gasteiger partial charge in [0, 0.05) is 12.0 Å². The summed E-state index contributed by atoms with van der Waals surface area (Å²) in [5.74, 6) is -1.51. The van der Waals surface area contributed by atoms with Gasteiger partial charge in [-0.3, -0.25) is 14.4 Å². The Balaban J connectivity index is 1.88. The standard InChI is InChI=1S/C17H14N2O3/c18-16(21)12-7-3-4-8-14(12)19-17(22)13-9-15(20)11-6-2-1-5-10(11)13/h1-8,13H,9H2,(H2,18,21)(H,19,22). The summed E-state index contributed by atoms with van der Waals surface area (Å²) in [4.78, 5) is 35.8. The summed E-state index contributed by atoms with van der Waals surface area (Å²) in [5.41, 5.74) is 7.21. The van der Waals surface area contributed by atoms with Gasteiger partial charge in [-0.1, -0.05) is 36.4 Å².